The maximum atomic E-state index is 13.4. The van der Waals surface area contributed by atoms with Crippen molar-refractivity contribution in [2.75, 3.05) is 0 Å². The highest BCUT2D eigenvalue weighted by Gasteiger charge is 2.45. The van der Waals surface area contributed by atoms with Gasteiger partial charge in [-0.05, 0) is 49.8 Å². The fraction of sp³-hybridized carbons (Fsp3) is 0.231. The van der Waals surface area contributed by atoms with Gasteiger partial charge in [0.25, 0.3) is 0 Å². The van der Waals surface area contributed by atoms with Crippen molar-refractivity contribution in [2.45, 2.75) is 37.7 Å². The van der Waals surface area contributed by atoms with Gasteiger partial charge in [0.05, 0.1) is 17.3 Å². The van der Waals surface area contributed by atoms with Crippen molar-refractivity contribution in [2.24, 2.45) is 4.99 Å². The summed E-state index contributed by atoms with van der Waals surface area (Å²) in [6, 6.07) is 17.9. The molecule has 178 valence electrons. The van der Waals surface area contributed by atoms with Crippen molar-refractivity contribution in [1.82, 2.24) is 13.9 Å². The van der Waals surface area contributed by atoms with Crippen LogP contribution in [0.3, 0.4) is 0 Å². The first-order valence-electron chi connectivity index (χ1n) is 11.1. The summed E-state index contributed by atoms with van der Waals surface area (Å²) in [6.45, 7) is 5.35. The Morgan fingerprint density at radius 2 is 1.74 bits per heavy atom. The molecule has 0 bridgehead atoms. The lowest BCUT2D eigenvalue weighted by atomic mass is 9.96. The van der Waals surface area contributed by atoms with E-state index in [1.165, 1.54) is 12.4 Å². The second kappa shape index (κ2) is 8.13. The van der Waals surface area contributed by atoms with Crippen LogP contribution in [0.2, 0.25) is 0 Å². The van der Waals surface area contributed by atoms with Crippen LogP contribution < -0.4 is 10.6 Å². The van der Waals surface area contributed by atoms with E-state index in [0.717, 1.165) is 9.19 Å². The van der Waals surface area contributed by atoms with Crippen LogP contribution in [-0.4, -0.2) is 33.9 Å². The molecule has 0 radical (unpaired) electrons. The lowest BCUT2D eigenvalue weighted by Gasteiger charge is -2.27. The maximum absolute atomic E-state index is 13.4. The van der Waals surface area contributed by atoms with Crippen LogP contribution in [0.25, 0.3) is 17.2 Å². The number of aromatic nitrogens is 3. The van der Waals surface area contributed by atoms with Gasteiger partial charge < -0.3 is 4.74 Å². The number of rotatable bonds is 5. The molecule has 0 saturated heterocycles. The second-order valence-electron chi connectivity index (χ2n) is 9.40. The third-order valence-electron chi connectivity index (χ3n) is 5.55. The quantitative estimate of drug-likeness (QED) is 0.400. The van der Waals surface area contributed by atoms with Crippen LogP contribution >= 0.6 is 0 Å². The number of hydrogen-bond donors (Lipinski definition) is 0. The molecular weight excluding hydrogens is 464 g/mol. The summed E-state index contributed by atoms with van der Waals surface area (Å²) in [7, 11) is -3.74. The fourth-order valence-corrected chi connectivity index (χ4v) is 5.41. The molecule has 0 saturated carbocycles. The van der Waals surface area contributed by atoms with Gasteiger partial charge in [-0.3, -0.25) is 4.99 Å². The highest BCUT2D eigenvalue weighted by molar-refractivity contribution is 7.89. The van der Waals surface area contributed by atoms with Crippen LogP contribution in [-0.2, 0) is 30.8 Å². The summed E-state index contributed by atoms with van der Waals surface area (Å²) in [5.74, 6) is -0.757. The van der Waals surface area contributed by atoms with Gasteiger partial charge in [-0.1, -0.05) is 48.5 Å². The fourth-order valence-electron chi connectivity index (χ4n) is 4.01. The Labute approximate surface area is 202 Å². The molecule has 0 fully saturated rings. The maximum Gasteiger partial charge on any atom is 0.345 e. The molecule has 8 nitrogen and oxygen atoms in total. The van der Waals surface area contributed by atoms with Gasteiger partial charge in [0.15, 0.2) is 5.65 Å². The summed E-state index contributed by atoms with van der Waals surface area (Å²) in [4.78, 5) is 27.2. The van der Waals surface area contributed by atoms with E-state index in [-0.39, 0.29) is 17.1 Å². The van der Waals surface area contributed by atoms with Crippen molar-refractivity contribution >= 4 is 33.2 Å². The third kappa shape index (κ3) is 4.23. The van der Waals surface area contributed by atoms with Gasteiger partial charge in [0, 0.05) is 6.20 Å². The van der Waals surface area contributed by atoms with E-state index in [1.807, 2.05) is 30.3 Å². The highest BCUT2D eigenvalue weighted by Crippen LogP contribution is 2.32. The molecule has 4 aromatic rings. The zero-order valence-electron chi connectivity index (χ0n) is 19.5. The summed E-state index contributed by atoms with van der Waals surface area (Å²) in [5.41, 5.74) is -0.827. The van der Waals surface area contributed by atoms with Gasteiger partial charge in [-0.15, -0.1) is 0 Å². The Bertz CT molecular complexity index is 1630. The molecule has 2 aromatic heterocycles. The normalized spacial score (nSPS) is 17.5. The topological polar surface area (TPSA) is 104 Å². The molecule has 1 atom stereocenters. The Morgan fingerprint density at radius 3 is 2.46 bits per heavy atom. The van der Waals surface area contributed by atoms with Crippen LogP contribution in [0, 0.1) is 0 Å². The number of ether oxygens (including phenoxy) is 1. The number of nitrogens with zero attached hydrogens (tertiary/aromatic N) is 4. The largest absolute Gasteiger partial charge is 0.458 e. The number of hydrogen-bond acceptors (Lipinski definition) is 7. The van der Waals surface area contributed by atoms with Crippen molar-refractivity contribution in [3.8, 4) is 0 Å². The van der Waals surface area contributed by atoms with E-state index >= 15 is 0 Å². The van der Waals surface area contributed by atoms with E-state index in [4.69, 9.17) is 9.73 Å². The van der Waals surface area contributed by atoms with Crippen molar-refractivity contribution < 1.29 is 17.9 Å². The monoisotopic (exact) mass is 488 g/mol. The summed E-state index contributed by atoms with van der Waals surface area (Å²) < 4.78 is 33.0. The number of esters is 1. The second-order valence-corrected chi connectivity index (χ2v) is 11.2. The molecule has 35 heavy (non-hydrogen) atoms. The minimum Gasteiger partial charge on any atom is -0.458 e. The van der Waals surface area contributed by atoms with Crippen molar-refractivity contribution in [1.29, 1.82) is 0 Å². The highest BCUT2D eigenvalue weighted by atomic mass is 32.2. The lowest BCUT2D eigenvalue weighted by Crippen LogP contribution is -2.38. The molecule has 0 amide bonds. The number of benzene rings is 2. The van der Waals surface area contributed by atoms with Crippen molar-refractivity contribution in [3.05, 3.63) is 94.9 Å². The molecule has 1 aliphatic heterocycles. The molecule has 0 aliphatic carbocycles. The van der Waals surface area contributed by atoms with Gasteiger partial charge in [-0.25, -0.2) is 27.2 Å². The van der Waals surface area contributed by atoms with Crippen molar-refractivity contribution in [3.63, 3.8) is 0 Å². The SMILES string of the molecule is CC(C)(C)OC(=O)C1(c2cnc3c(ccn3S(=O)(=O)Cc3ccccc3)n2)C=c2ccccc2=N1. The summed E-state index contributed by atoms with van der Waals surface area (Å²) >= 11 is 0. The molecule has 1 aliphatic rings. The number of carbonyl (C=O) groups excluding carboxylic acids is 1. The number of carbonyl (C=O) groups is 1. The molecule has 3 heterocycles. The van der Waals surface area contributed by atoms with Gasteiger partial charge in [-0.2, -0.15) is 0 Å². The molecular formula is C26H24N4O4S. The van der Waals surface area contributed by atoms with Crippen LogP contribution in [0.5, 0.6) is 0 Å². The minimum atomic E-state index is -3.74. The smallest absolute Gasteiger partial charge is 0.345 e. The van der Waals surface area contributed by atoms with Crippen LogP contribution in [0.4, 0.5) is 0 Å². The molecule has 1 unspecified atom stereocenters. The number of fused-ring (bicyclic) bond motifs is 2. The predicted molar refractivity (Wildman–Crippen MR) is 131 cm³/mol. The zero-order chi connectivity index (χ0) is 24.8. The van der Waals surface area contributed by atoms with E-state index in [2.05, 4.69) is 9.97 Å². The Morgan fingerprint density at radius 1 is 1.03 bits per heavy atom. The Balaban J connectivity index is 1.60. The van der Waals surface area contributed by atoms with E-state index in [1.54, 1.807) is 57.2 Å². The zero-order valence-corrected chi connectivity index (χ0v) is 20.4. The first-order chi connectivity index (χ1) is 16.6. The molecule has 9 heteroatoms. The molecule has 2 aromatic carbocycles. The van der Waals surface area contributed by atoms with Gasteiger partial charge in [0.2, 0.25) is 15.6 Å². The average Bonchev–Trinajstić information content (AvgIpc) is 3.41. The first kappa shape index (κ1) is 22.9. The average molecular weight is 489 g/mol. The minimum absolute atomic E-state index is 0.179. The van der Waals surface area contributed by atoms with Crippen LogP contribution in [0.15, 0.2) is 78.0 Å². The first-order valence-corrected chi connectivity index (χ1v) is 12.7. The summed E-state index contributed by atoms with van der Waals surface area (Å²) in [6.07, 6.45) is 4.54. The van der Waals surface area contributed by atoms with E-state index < -0.39 is 27.1 Å². The molecule has 0 spiro atoms. The van der Waals surface area contributed by atoms with Gasteiger partial charge in [0.1, 0.15) is 16.8 Å². The summed E-state index contributed by atoms with van der Waals surface area (Å²) in [5, 5.41) is 1.42. The van der Waals surface area contributed by atoms with Crippen LogP contribution in [0.1, 0.15) is 32.0 Å². The Hall–Kier alpha value is -3.85. The van der Waals surface area contributed by atoms with Gasteiger partial charge >= 0.3 is 5.97 Å². The van der Waals surface area contributed by atoms with E-state index in [0.29, 0.717) is 16.4 Å². The third-order valence-corrected chi connectivity index (χ3v) is 7.14. The van der Waals surface area contributed by atoms with E-state index in [9.17, 15) is 13.2 Å². The molecule has 0 N–H and O–H groups in total. The Kier molecular flexibility index (Phi) is 5.32. The standard InChI is InChI=1S/C26H24N4O4S/c1-25(2,3)34-24(31)26(15-19-11-7-8-12-20(19)29-26)22-16-27-23-21(28-22)13-14-30(23)35(32,33)17-18-9-5-4-6-10-18/h4-16H,17H2,1-3H3. The predicted octanol–water partition coefficient (Wildman–Crippen LogP) is 2.46. The number of para-hydroxylation sites is 1. The molecule has 5 rings (SSSR count). The lowest BCUT2D eigenvalue weighted by molar-refractivity contribution is -0.159.